The van der Waals surface area contributed by atoms with E-state index in [0.29, 0.717) is 23.0 Å². The van der Waals surface area contributed by atoms with Gasteiger partial charge in [-0.1, -0.05) is 0 Å². The molecule has 1 rings (SSSR count). The number of aromatic nitrogens is 1. The van der Waals surface area contributed by atoms with E-state index in [2.05, 4.69) is 27.2 Å². The first kappa shape index (κ1) is 15.5. The van der Waals surface area contributed by atoms with E-state index in [1.54, 1.807) is 12.4 Å². The Bertz CT molecular complexity index is 543. The average Bonchev–Trinajstić information content (AvgIpc) is 2.39. The number of nitrogens with zero attached hydrogens (tertiary/aromatic N) is 1. The number of terminal acetylenes is 1. The van der Waals surface area contributed by atoms with E-state index in [1.807, 2.05) is 11.5 Å². The summed E-state index contributed by atoms with van der Waals surface area (Å²) in [6.45, 7) is 2.69. The molecule has 19 heavy (non-hydrogen) atoms. The minimum atomic E-state index is -0.207. The van der Waals surface area contributed by atoms with Crippen molar-refractivity contribution in [2.45, 2.75) is 39.2 Å². The molecule has 1 heterocycles. The minimum Gasteiger partial charge on any atom is -0.351 e. The molecule has 0 saturated heterocycles. The maximum atomic E-state index is 11.8. The highest BCUT2D eigenvalue weighted by Gasteiger charge is 2.08. The van der Waals surface area contributed by atoms with E-state index in [0.717, 1.165) is 19.4 Å². The molecule has 1 N–H and O–H groups in total. The molecule has 1 aromatic rings. The van der Waals surface area contributed by atoms with Gasteiger partial charge in [0.05, 0.1) is 4.47 Å². The highest BCUT2D eigenvalue weighted by Crippen LogP contribution is 2.10. The Kier molecular flexibility index (Phi) is 6.37. The Hall–Kier alpha value is -1.54. The summed E-state index contributed by atoms with van der Waals surface area (Å²) in [5.41, 5.74) is 0.0971. The summed E-state index contributed by atoms with van der Waals surface area (Å²) < 4.78 is 2.28. The molecule has 1 amide bonds. The van der Waals surface area contributed by atoms with Crippen molar-refractivity contribution in [1.82, 2.24) is 4.57 Å². The Labute approximate surface area is 121 Å². The zero-order chi connectivity index (χ0) is 14.3. The number of hydrogen-bond donors (Lipinski definition) is 1. The molecule has 0 bridgehead atoms. The lowest BCUT2D eigenvalue weighted by Crippen LogP contribution is -2.20. The van der Waals surface area contributed by atoms with Gasteiger partial charge < -0.3 is 9.88 Å². The van der Waals surface area contributed by atoms with Crippen LogP contribution in [0.4, 0.5) is 5.69 Å². The van der Waals surface area contributed by atoms with Crippen molar-refractivity contribution in [1.29, 1.82) is 0 Å². The van der Waals surface area contributed by atoms with Gasteiger partial charge in [-0.25, -0.2) is 0 Å². The Morgan fingerprint density at radius 3 is 2.84 bits per heavy atom. The summed E-state index contributed by atoms with van der Waals surface area (Å²) >= 11 is 3.19. The molecule has 0 unspecified atom stereocenters. The van der Waals surface area contributed by atoms with Crippen LogP contribution in [-0.4, -0.2) is 10.5 Å². The average molecular weight is 325 g/mol. The fourth-order valence-electron chi connectivity index (χ4n) is 1.59. The number of carbonyl (C=O) groups excluding carboxylic acids is 1. The number of hydrogen-bond acceptors (Lipinski definition) is 2. The molecule has 0 fully saturated rings. The van der Waals surface area contributed by atoms with E-state index in [1.165, 1.54) is 0 Å². The topological polar surface area (TPSA) is 51.1 Å². The molecule has 0 aliphatic heterocycles. The fourth-order valence-corrected chi connectivity index (χ4v) is 2.07. The van der Waals surface area contributed by atoms with Crippen LogP contribution in [0.15, 0.2) is 21.7 Å². The summed E-state index contributed by atoms with van der Waals surface area (Å²) in [6.07, 6.45) is 11.1. The lowest BCUT2D eigenvalue weighted by molar-refractivity contribution is -0.116. The quantitative estimate of drug-likeness (QED) is 0.646. The molecular weight excluding hydrogens is 308 g/mol. The predicted octanol–water partition coefficient (Wildman–Crippen LogP) is 2.76. The van der Waals surface area contributed by atoms with Crippen LogP contribution in [0.2, 0.25) is 0 Å². The minimum absolute atomic E-state index is 0.158. The molecule has 1 aromatic heterocycles. The standard InChI is InChI=1S/C14H17BrN2O2/c1-3-5-6-7-8-13(18)16-12-10-17(4-2)9-11(15)14(12)19/h1,9-10H,4-8H2,2H3,(H,16,18). The normalized spacial score (nSPS) is 9.95. The molecule has 102 valence electrons. The SMILES string of the molecule is C#CCCCCC(=O)Nc1cn(CC)cc(Br)c1=O. The van der Waals surface area contributed by atoms with Gasteiger partial charge in [-0.05, 0) is 35.7 Å². The van der Waals surface area contributed by atoms with Gasteiger partial charge >= 0.3 is 0 Å². The summed E-state index contributed by atoms with van der Waals surface area (Å²) in [6, 6.07) is 0. The molecule has 0 spiro atoms. The Balaban J connectivity index is 2.66. The smallest absolute Gasteiger partial charge is 0.224 e. The molecule has 5 heteroatoms. The van der Waals surface area contributed by atoms with Crippen LogP contribution in [0.5, 0.6) is 0 Å². The lowest BCUT2D eigenvalue weighted by atomic mass is 10.2. The van der Waals surface area contributed by atoms with Gasteiger partial charge in [-0.3, -0.25) is 9.59 Å². The van der Waals surface area contributed by atoms with E-state index in [-0.39, 0.29) is 11.3 Å². The van der Waals surface area contributed by atoms with Gasteiger partial charge in [-0.15, -0.1) is 12.3 Å². The van der Waals surface area contributed by atoms with Crippen molar-refractivity contribution in [2.24, 2.45) is 0 Å². The van der Waals surface area contributed by atoms with Gasteiger partial charge in [-0.2, -0.15) is 0 Å². The molecule has 0 aliphatic rings. The summed E-state index contributed by atoms with van der Waals surface area (Å²) in [7, 11) is 0. The number of carbonyl (C=O) groups is 1. The van der Waals surface area contributed by atoms with Gasteiger partial charge in [0, 0.05) is 31.8 Å². The third kappa shape index (κ3) is 4.92. The number of rotatable bonds is 6. The first-order chi connectivity index (χ1) is 9.08. The molecule has 0 atom stereocenters. The second kappa shape index (κ2) is 7.80. The summed E-state index contributed by atoms with van der Waals surface area (Å²) in [4.78, 5) is 23.6. The number of anilines is 1. The number of nitrogens with one attached hydrogen (secondary N) is 1. The predicted molar refractivity (Wildman–Crippen MR) is 80.0 cm³/mol. The lowest BCUT2D eigenvalue weighted by Gasteiger charge is -2.09. The molecular formula is C14H17BrN2O2. The maximum Gasteiger partial charge on any atom is 0.224 e. The summed E-state index contributed by atoms with van der Waals surface area (Å²) in [5, 5.41) is 2.65. The maximum absolute atomic E-state index is 11.8. The summed E-state index contributed by atoms with van der Waals surface area (Å²) in [5.74, 6) is 2.37. The zero-order valence-corrected chi connectivity index (χ0v) is 12.5. The number of halogens is 1. The van der Waals surface area contributed by atoms with E-state index in [9.17, 15) is 9.59 Å². The van der Waals surface area contributed by atoms with Crippen molar-refractivity contribution in [3.8, 4) is 12.3 Å². The highest BCUT2D eigenvalue weighted by atomic mass is 79.9. The van der Waals surface area contributed by atoms with E-state index < -0.39 is 0 Å². The van der Waals surface area contributed by atoms with Gasteiger partial charge in [0.2, 0.25) is 11.3 Å². The van der Waals surface area contributed by atoms with Crippen LogP contribution in [0.3, 0.4) is 0 Å². The fraction of sp³-hybridized carbons (Fsp3) is 0.429. The number of amides is 1. The number of aryl methyl sites for hydroxylation is 1. The van der Waals surface area contributed by atoms with E-state index in [4.69, 9.17) is 6.42 Å². The molecule has 0 saturated carbocycles. The van der Waals surface area contributed by atoms with Crippen molar-refractivity contribution in [3.05, 3.63) is 27.1 Å². The first-order valence-electron chi connectivity index (χ1n) is 6.21. The van der Waals surface area contributed by atoms with Crippen LogP contribution >= 0.6 is 15.9 Å². The molecule has 4 nitrogen and oxygen atoms in total. The molecule has 0 aliphatic carbocycles. The largest absolute Gasteiger partial charge is 0.351 e. The van der Waals surface area contributed by atoms with Crippen molar-refractivity contribution >= 4 is 27.5 Å². The van der Waals surface area contributed by atoms with Gasteiger partial charge in [0.15, 0.2) is 0 Å². The monoisotopic (exact) mass is 324 g/mol. The Morgan fingerprint density at radius 1 is 1.47 bits per heavy atom. The molecule has 0 radical (unpaired) electrons. The van der Waals surface area contributed by atoms with Crippen molar-refractivity contribution in [2.75, 3.05) is 5.32 Å². The second-order valence-electron chi connectivity index (χ2n) is 4.14. The third-order valence-electron chi connectivity index (χ3n) is 2.65. The van der Waals surface area contributed by atoms with Gasteiger partial charge in [0.1, 0.15) is 5.69 Å². The number of unbranched alkanes of at least 4 members (excludes halogenated alkanes) is 2. The van der Waals surface area contributed by atoms with Crippen LogP contribution in [0.1, 0.15) is 32.6 Å². The number of pyridine rings is 1. The van der Waals surface area contributed by atoms with E-state index >= 15 is 0 Å². The van der Waals surface area contributed by atoms with Crippen LogP contribution in [-0.2, 0) is 11.3 Å². The first-order valence-corrected chi connectivity index (χ1v) is 7.00. The van der Waals surface area contributed by atoms with Crippen molar-refractivity contribution in [3.63, 3.8) is 0 Å². The third-order valence-corrected chi connectivity index (χ3v) is 3.21. The van der Waals surface area contributed by atoms with Crippen LogP contribution in [0, 0.1) is 12.3 Å². The highest BCUT2D eigenvalue weighted by molar-refractivity contribution is 9.10. The van der Waals surface area contributed by atoms with Gasteiger partial charge in [0.25, 0.3) is 0 Å². The second-order valence-corrected chi connectivity index (χ2v) is 4.99. The zero-order valence-electron chi connectivity index (χ0n) is 10.9. The Morgan fingerprint density at radius 2 is 2.21 bits per heavy atom. The van der Waals surface area contributed by atoms with Crippen LogP contribution in [0.25, 0.3) is 0 Å². The molecule has 0 aromatic carbocycles. The van der Waals surface area contributed by atoms with Crippen LogP contribution < -0.4 is 10.7 Å². The van der Waals surface area contributed by atoms with Crippen molar-refractivity contribution < 1.29 is 4.79 Å².